The van der Waals surface area contributed by atoms with Gasteiger partial charge in [-0.25, -0.2) is 0 Å². The number of hydrogen-bond donors (Lipinski definition) is 0. The number of ether oxygens (including phenoxy) is 1. The molecule has 1 aliphatic rings. The molecule has 0 saturated carbocycles. The fourth-order valence-electron chi connectivity index (χ4n) is 1.76. The number of carbonyl (C=O) groups excluding carboxylic acids is 2. The lowest BCUT2D eigenvalue weighted by atomic mass is 10.1. The first-order valence-electron chi connectivity index (χ1n) is 6.17. The van der Waals surface area contributed by atoms with E-state index >= 15 is 0 Å². The topological polar surface area (TPSA) is 43.4 Å². The van der Waals surface area contributed by atoms with E-state index in [4.69, 9.17) is 0 Å². The summed E-state index contributed by atoms with van der Waals surface area (Å²) in [6, 6.07) is 0. The molecule has 0 bridgehead atoms. The Labute approximate surface area is 96.9 Å². The zero-order valence-corrected chi connectivity index (χ0v) is 9.74. The Morgan fingerprint density at radius 1 is 0.812 bits per heavy atom. The molecule has 1 aliphatic heterocycles. The second kappa shape index (κ2) is 8.08. The first-order valence-corrected chi connectivity index (χ1v) is 6.17. The lowest BCUT2D eigenvalue weighted by molar-refractivity contribution is -0.159. The summed E-state index contributed by atoms with van der Waals surface area (Å²) < 4.78 is 4.67. The van der Waals surface area contributed by atoms with Crippen LogP contribution < -0.4 is 0 Å². The van der Waals surface area contributed by atoms with E-state index in [0.717, 1.165) is 19.3 Å². The Morgan fingerprint density at radius 3 is 2.31 bits per heavy atom. The standard InChI is InChI=1S/C13H20O3/c14-12-10-8-6-4-2-1-3-5-7-9-11-13(15)16-12/h6,8H,1-5,7,9-11H2/b8-6-. The van der Waals surface area contributed by atoms with Gasteiger partial charge in [0.15, 0.2) is 0 Å². The van der Waals surface area contributed by atoms with Gasteiger partial charge in [0.05, 0.1) is 6.42 Å². The number of carbonyl (C=O) groups is 2. The van der Waals surface area contributed by atoms with Crippen LogP contribution in [0.4, 0.5) is 0 Å². The minimum absolute atomic E-state index is 0.214. The lowest BCUT2D eigenvalue weighted by Crippen LogP contribution is -2.11. The Balaban J connectivity index is 2.36. The highest BCUT2D eigenvalue weighted by atomic mass is 16.6. The third-order valence-electron chi connectivity index (χ3n) is 2.68. The predicted octanol–water partition coefficient (Wildman–Crippen LogP) is 3.14. The van der Waals surface area contributed by atoms with Gasteiger partial charge in [-0.15, -0.1) is 0 Å². The minimum Gasteiger partial charge on any atom is -0.393 e. The van der Waals surface area contributed by atoms with Gasteiger partial charge in [-0.2, -0.15) is 0 Å². The average Bonchev–Trinajstić information content (AvgIpc) is 2.25. The van der Waals surface area contributed by atoms with Gasteiger partial charge in [0, 0.05) is 6.42 Å². The summed E-state index contributed by atoms with van der Waals surface area (Å²) in [7, 11) is 0. The number of esters is 2. The smallest absolute Gasteiger partial charge is 0.317 e. The molecule has 0 N–H and O–H groups in total. The maximum atomic E-state index is 11.2. The van der Waals surface area contributed by atoms with Crippen molar-refractivity contribution in [1.29, 1.82) is 0 Å². The molecule has 90 valence electrons. The van der Waals surface area contributed by atoms with E-state index in [1.165, 1.54) is 25.7 Å². The molecule has 0 unspecified atom stereocenters. The second-order valence-electron chi connectivity index (χ2n) is 4.18. The van der Waals surface area contributed by atoms with Gasteiger partial charge in [-0.1, -0.05) is 37.8 Å². The molecule has 3 heteroatoms. The zero-order valence-electron chi connectivity index (χ0n) is 9.74. The first-order chi connectivity index (χ1) is 7.79. The van der Waals surface area contributed by atoms with Gasteiger partial charge in [0.1, 0.15) is 0 Å². The fourth-order valence-corrected chi connectivity index (χ4v) is 1.76. The molecule has 0 aromatic carbocycles. The van der Waals surface area contributed by atoms with Gasteiger partial charge in [-0.05, 0) is 19.3 Å². The molecular formula is C13H20O3. The van der Waals surface area contributed by atoms with Crippen LogP contribution in [0.15, 0.2) is 12.2 Å². The maximum absolute atomic E-state index is 11.2. The van der Waals surface area contributed by atoms with Crippen molar-refractivity contribution in [2.24, 2.45) is 0 Å². The Hall–Kier alpha value is -1.12. The molecule has 3 nitrogen and oxygen atoms in total. The molecule has 16 heavy (non-hydrogen) atoms. The van der Waals surface area contributed by atoms with Crippen LogP contribution in [0.3, 0.4) is 0 Å². The Bertz CT molecular complexity index is 256. The molecule has 0 aromatic rings. The number of allylic oxidation sites excluding steroid dienone is 1. The highest BCUT2D eigenvalue weighted by Gasteiger charge is 2.08. The van der Waals surface area contributed by atoms with E-state index < -0.39 is 5.97 Å². The summed E-state index contributed by atoms with van der Waals surface area (Å²) >= 11 is 0. The largest absolute Gasteiger partial charge is 0.393 e. The van der Waals surface area contributed by atoms with E-state index in [-0.39, 0.29) is 12.4 Å². The van der Waals surface area contributed by atoms with Crippen LogP contribution in [0.5, 0.6) is 0 Å². The van der Waals surface area contributed by atoms with E-state index in [1.54, 1.807) is 6.08 Å². The highest BCUT2D eigenvalue weighted by molar-refractivity contribution is 5.86. The quantitative estimate of drug-likeness (QED) is 0.360. The molecule has 0 atom stereocenters. The number of cyclic esters (lactones) is 2. The normalized spacial score (nSPS) is 23.2. The molecule has 0 fully saturated rings. The molecule has 1 heterocycles. The van der Waals surface area contributed by atoms with Crippen molar-refractivity contribution < 1.29 is 14.3 Å². The van der Waals surface area contributed by atoms with Gasteiger partial charge in [-0.3, -0.25) is 9.59 Å². The van der Waals surface area contributed by atoms with Gasteiger partial charge < -0.3 is 4.74 Å². The van der Waals surface area contributed by atoms with Crippen molar-refractivity contribution in [3.05, 3.63) is 12.2 Å². The summed E-state index contributed by atoms with van der Waals surface area (Å²) in [5.41, 5.74) is 0. The van der Waals surface area contributed by atoms with Crippen LogP contribution in [0.2, 0.25) is 0 Å². The molecule has 0 aliphatic carbocycles. The van der Waals surface area contributed by atoms with E-state index in [0.29, 0.717) is 6.42 Å². The van der Waals surface area contributed by atoms with Gasteiger partial charge in [0.25, 0.3) is 0 Å². The van der Waals surface area contributed by atoms with Gasteiger partial charge >= 0.3 is 11.9 Å². The Morgan fingerprint density at radius 2 is 1.50 bits per heavy atom. The first kappa shape index (κ1) is 12.9. The van der Waals surface area contributed by atoms with Crippen molar-refractivity contribution in [2.75, 3.05) is 0 Å². The van der Waals surface area contributed by atoms with E-state index in [2.05, 4.69) is 4.74 Å². The molecular weight excluding hydrogens is 204 g/mol. The summed E-state index contributed by atoms with van der Waals surface area (Å²) in [6.45, 7) is 0. The predicted molar refractivity (Wildman–Crippen MR) is 61.8 cm³/mol. The monoisotopic (exact) mass is 224 g/mol. The molecule has 0 radical (unpaired) electrons. The van der Waals surface area contributed by atoms with Crippen LogP contribution in [-0.2, 0) is 14.3 Å². The van der Waals surface area contributed by atoms with Crippen LogP contribution in [-0.4, -0.2) is 11.9 Å². The molecule has 1 rings (SSSR count). The SMILES string of the molecule is O=C1C/C=C\CCCCCCCCC(=O)O1. The number of hydrogen-bond acceptors (Lipinski definition) is 3. The summed E-state index contributed by atoms with van der Waals surface area (Å²) in [5, 5.41) is 0. The Kier molecular flexibility index (Phi) is 6.54. The third kappa shape index (κ3) is 6.38. The number of rotatable bonds is 0. The van der Waals surface area contributed by atoms with Crippen LogP contribution in [0.25, 0.3) is 0 Å². The maximum Gasteiger partial charge on any atom is 0.317 e. The zero-order chi connectivity index (χ0) is 11.6. The second-order valence-corrected chi connectivity index (χ2v) is 4.18. The van der Waals surface area contributed by atoms with Crippen molar-refractivity contribution in [2.45, 2.75) is 57.8 Å². The summed E-state index contributed by atoms with van der Waals surface area (Å²) in [5.74, 6) is -0.811. The molecule has 0 amide bonds. The highest BCUT2D eigenvalue weighted by Crippen LogP contribution is 2.10. The summed E-state index contributed by atoms with van der Waals surface area (Å²) in [6.07, 6.45) is 12.1. The fraction of sp³-hybridized carbons (Fsp3) is 0.692. The average molecular weight is 224 g/mol. The molecule has 0 spiro atoms. The van der Waals surface area contributed by atoms with Gasteiger partial charge in [0.2, 0.25) is 0 Å². The molecule has 0 aromatic heterocycles. The third-order valence-corrected chi connectivity index (χ3v) is 2.68. The van der Waals surface area contributed by atoms with E-state index in [1.807, 2.05) is 6.08 Å². The van der Waals surface area contributed by atoms with E-state index in [9.17, 15) is 9.59 Å². The van der Waals surface area contributed by atoms with Crippen molar-refractivity contribution in [3.8, 4) is 0 Å². The minimum atomic E-state index is -0.432. The van der Waals surface area contributed by atoms with Crippen molar-refractivity contribution in [1.82, 2.24) is 0 Å². The summed E-state index contributed by atoms with van der Waals surface area (Å²) in [4.78, 5) is 22.4. The van der Waals surface area contributed by atoms with Crippen molar-refractivity contribution in [3.63, 3.8) is 0 Å². The van der Waals surface area contributed by atoms with Crippen LogP contribution in [0, 0.1) is 0 Å². The van der Waals surface area contributed by atoms with Crippen LogP contribution >= 0.6 is 0 Å². The van der Waals surface area contributed by atoms with Crippen molar-refractivity contribution >= 4 is 11.9 Å². The molecule has 0 saturated heterocycles. The van der Waals surface area contributed by atoms with Crippen LogP contribution in [0.1, 0.15) is 57.8 Å². The lowest BCUT2D eigenvalue weighted by Gasteiger charge is -2.03.